The zero-order valence-electron chi connectivity index (χ0n) is 10.9. The molecule has 5 nitrogen and oxygen atoms in total. The molecule has 0 saturated carbocycles. The number of nitrogens with two attached hydrogens (primary N) is 1. The smallest absolute Gasteiger partial charge is 0.225 e. The Labute approximate surface area is 112 Å². The van der Waals surface area contributed by atoms with Crippen LogP contribution < -0.4 is 11.1 Å². The molecule has 0 unspecified atom stereocenters. The first-order valence-corrected chi connectivity index (χ1v) is 6.35. The Bertz CT molecular complexity index is 545. The molecule has 2 aromatic rings. The van der Waals surface area contributed by atoms with Crippen molar-refractivity contribution in [2.75, 3.05) is 11.1 Å². The molecule has 5 heteroatoms. The molecule has 0 aliphatic rings. The van der Waals surface area contributed by atoms with Gasteiger partial charge in [-0.1, -0.05) is 19.1 Å². The van der Waals surface area contributed by atoms with Gasteiger partial charge in [0.2, 0.25) is 5.91 Å². The number of aryl methyl sites for hydroxylation is 2. The Morgan fingerprint density at radius 1 is 1.37 bits per heavy atom. The van der Waals surface area contributed by atoms with Crippen molar-refractivity contribution >= 4 is 17.4 Å². The predicted octanol–water partition coefficient (Wildman–Crippen LogP) is 2.13. The molecule has 100 valence electrons. The van der Waals surface area contributed by atoms with E-state index in [1.165, 1.54) is 0 Å². The molecule has 1 heterocycles. The highest BCUT2D eigenvalue weighted by Gasteiger charge is 2.07. The number of hydrogen-bond donors (Lipinski definition) is 3. The monoisotopic (exact) mass is 258 g/mol. The van der Waals surface area contributed by atoms with Crippen LogP contribution in [0.1, 0.15) is 24.5 Å². The molecule has 0 atom stereocenters. The van der Waals surface area contributed by atoms with Gasteiger partial charge in [0.25, 0.3) is 0 Å². The fourth-order valence-corrected chi connectivity index (χ4v) is 1.83. The largest absolute Gasteiger partial charge is 0.399 e. The van der Waals surface area contributed by atoms with E-state index >= 15 is 0 Å². The molecule has 0 radical (unpaired) electrons. The van der Waals surface area contributed by atoms with E-state index in [2.05, 4.69) is 15.5 Å². The number of nitrogens with one attached hydrogen (secondary N) is 2. The van der Waals surface area contributed by atoms with Gasteiger partial charge in [-0.15, -0.1) is 0 Å². The highest BCUT2D eigenvalue weighted by atomic mass is 16.1. The van der Waals surface area contributed by atoms with Crippen LogP contribution >= 0.6 is 0 Å². The van der Waals surface area contributed by atoms with Crippen LogP contribution in [0.2, 0.25) is 0 Å². The summed E-state index contributed by atoms with van der Waals surface area (Å²) in [6.45, 7) is 2.02. The van der Waals surface area contributed by atoms with Gasteiger partial charge in [-0.25, -0.2) is 0 Å². The Kier molecular flexibility index (Phi) is 4.18. The average Bonchev–Trinajstić information content (AvgIpc) is 2.85. The predicted molar refractivity (Wildman–Crippen MR) is 75.8 cm³/mol. The van der Waals surface area contributed by atoms with Crippen LogP contribution in [0.5, 0.6) is 0 Å². The molecule has 0 spiro atoms. The van der Waals surface area contributed by atoms with Gasteiger partial charge in [0.05, 0.1) is 6.20 Å². The van der Waals surface area contributed by atoms with Gasteiger partial charge >= 0.3 is 0 Å². The maximum Gasteiger partial charge on any atom is 0.225 e. The van der Waals surface area contributed by atoms with Gasteiger partial charge < -0.3 is 11.1 Å². The molecule has 19 heavy (non-hydrogen) atoms. The summed E-state index contributed by atoms with van der Waals surface area (Å²) >= 11 is 0. The van der Waals surface area contributed by atoms with E-state index in [0.29, 0.717) is 18.7 Å². The van der Waals surface area contributed by atoms with E-state index in [9.17, 15) is 4.79 Å². The summed E-state index contributed by atoms with van der Waals surface area (Å²) < 4.78 is 0. The minimum absolute atomic E-state index is 0.0178. The lowest BCUT2D eigenvalue weighted by Crippen LogP contribution is -2.13. The second-order valence-electron chi connectivity index (χ2n) is 4.41. The van der Waals surface area contributed by atoms with Crippen LogP contribution in [0.15, 0.2) is 30.5 Å². The second kappa shape index (κ2) is 6.04. The van der Waals surface area contributed by atoms with Crippen molar-refractivity contribution in [3.05, 3.63) is 41.6 Å². The van der Waals surface area contributed by atoms with Gasteiger partial charge in [0.15, 0.2) is 0 Å². The topological polar surface area (TPSA) is 83.8 Å². The molecular weight excluding hydrogens is 240 g/mol. The van der Waals surface area contributed by atoms with Gasteiger partial charge in [-0.3, -0.25) is 9.89 Å². The molecule has 0 aliphatic carbocycles. The summed E-state index contributed by atoms with van der Waals surface area (Å²) in [4.78, 5) is 11.8. The molecule has 1 amide bonds. The SMILES string of the molecule is CCc1cn[nH]c1NC(=O)CCc1ccc(N)cc1. The molecule has 2 rings (SSSR count). The van der Waals surface area contributed by atoms with E-state index in [-0.39, 0.29) is 5.91 Å². The Morgan fingerprint density at radius 2 is 2.11 bits per heavy atom. The first-order valence-electron chi connectivity index (χ1n) is 6.35. The number of nitrogens with zero attached hydrogens (tertiary/aromatic N) is 1. The van der Waals surface area contributed by atoms with E-state index < -0.39 is 0 Å². The van der Waals surface area contributed by atoms with E-state index in [1.807, 2.05) is 31.2 Å². The average molecular weight is 258 g/mol. The third-order valence-electron chi connectivity index (χ3n) is 2.98. The Hall–Kier alpha value is -2.30. The maximum absolute atomic E-state index is 11.8. The molecule has 0 bridgehead atoms. The number of H-pyrrole nitrogens is 1. The number of benzene rings is 1. The number of carbonyl (C=O) groups is 1. The van der Waals surface area contributed by atoms with Crippen molar-refractivity contribution in [2.45, 2.75) is 26.2 Å². The van der Waals surface area contributed by atoms with Gasteiger partial charge in [-0.05, 0) is 30.5 Å². The van der Waals surface area contributed by atoms with Crippen LogP contribution in [-0.4, -0.2) is 16.1 Å². The highest BCUT2D eigenvalue weighted by molar-refractivity contribution is 5.90. The molecule has 1 aromatic heterocycles. The standard InChI is InChI=1S/C14H18N4O/c1-2-11-9-16-18-14(11)17-13(19)8-5-10-3-6-12(15)7-4-10/h3-4,6-7,9H,2,5,8,15H2,1H3,(H2,16,17,18,19). The molecule has 0 aliphatic heterocycles. The quantitative estimate of drug-likeness (QED) is 0.718. The van der Waals surface area contributed by atoms with Crippen LogP contribution in [0.25, 0.3) is 0 Å². The lowest BCUT2D eigenvalue weighted by molar-refractivity contribution is -0.116. The first kappa shape index (κ1) is 13.1. The van der Waals surface area contributed by atoms with Crippen molar-refractivity contribution < 1.29 is 4.79 Å². The minimum Gasteiger partial charge on any atom is -0.399 e. The van der Waals surface area contributed by atoms with E-state index in [4.69, 9.17) is 5.73 Å². The van der Waals surface area contributed by atoms with Crippen LogP contribution in [-0.2, 0) is 17.6 Å². The van der Waals surface area contributed by atoms with Crippen LogP contribution in [0.4, 0.5) is 11.5 Å². The molecular formula is C14H18N4O. The van der Waals surface area contributed by atoms with E-state index in [0.717, 1.165) is 23.2 Å². The number of aromatic amines is 1. The first-order chi connectivity index (χ1) is 9.19. The number of amides is 1. The number of rotatable bonds is 5. The fourth-order valence-electron chi connectivity index (χ4n) is 1.83. The highest BCUT2D eigenvalue weighted by Crippen LogP contribution is 2.12. The number of carbonyl (C=O) groups excluding carboxylic acids is 1. The van der Waals surface area contributed by atoms with Crippen molar-refractivity contribution in [3.63, 3.8) is 0 Å². The Morgan fingerprint density at radius 3 is 2.79 bits per heavy atom. The zero-order chi connectivity index (χ0) is 13.7. The van der Waals surface area contributed by atoms with Crippen LogP contribution in [0.3, 0.4) is 0 Å². The third kappa shape index (κ3) is 3.58. The Balaban J connectivity index is 1.86. The summed E-state index contributed by atoms with van der Waals surface area (Å²) in [5, 5.41) is 9.56. The van der Waals surface area contributed by atoms with E-state index in [1.54, 1.807) is 6.20 Å². The number of nitrogen functional groups attached to an aromatic ring is 1. The zero-order valence-corrected chi connectivity index (χ0v) is 10.9. The number of aromatic nitrogens is 2. The van der Waals surface area contributed by atoms with Gasteiger partial charge in [0.1, 0.15) is 5.82 Å². The number of anilines is 2. The normalized spacial score (nSPS) is 10.4. The maximum atomic E-state index is 11.8. The summed E-state index contributed by atoms with van der Waals surface area (Å²) in [5.74, 6) is 0.681. The summed E-state index contributed by atoms with van der Waals surface area (Å²) in [6, 6.07) is 7.57. The molecule has 0 saturated heterocycles. The second-order valence-corrected chi connectivity index (χ2v) is 4.41. The fraction of sp³-hybridized carbons (Fsp3) is 0.286. The summed E-state index contributed by atoms with van der Waals surface area (Å²) in [5.41, 5.74) is 8.47. The van der Waals surface area contributed by atoms with Crippen molar-refractivity contribution in [1.29, 1.82) is 0 Å². The summed E-state index contributed by atoms with van der Waals surface area (Å²) in [7, 11) is 0. The molecule has 4 N–H and O–H groups in total. The summed E-state index contributed by atoms with van der Waals surface area (Å²) in [6.07, 6.45) is 3.70. The van der Waals surface area contributed by atoms with Crippen molar-refractivity contribution in [1.82, 2.24) is 10.2 Å². The van der Waals surface area contributed by atoms with Gasteiger partial charge in [-0.2, -0.15) is 5.10 Å². The minimum atomic E-state index is -0.0178. The molecule has 1 aromatic carbocycles. The van der Waals surface area contributed by atoms with Crippen molar-refractivity contribution in [2.24, 2.45) is 0 Å². The van der Waals surface area contributed by atoms with Crippen LogP contribution in [0, 0.1) is 0 Å². The van der Waals surface area contributed by atoms with Crippen molar-refractivity contribution in [3.8, 4) is 0 Å². The lowest BCUT2D eigenvalue weighted by atomic mass is 10.1. The number of hydrogen-bond acceptors (Lipinski definition) is 3. The molecule has 0 fully saturated rings. The lowest BCUT2D eigenvalue weighted by Gasteiger charge is -2.05. The third-order valence-corrected chi connectivity index (χ3v) is 2.98. The van der Waals surface area contributed by atoms with Gasteiger partial charge in [0, 0.05) is 17.7 Å².